The Balaban J connectivity index is 1.49. The number of carbonyl (C=O) groups excluding carboxylic acids is 1. The monoisotopic (exact) mass is 586 g/mol. The molecule has 0 aliphatic carbocycles. The minimum atomic E-state index is -4.45. The molecule has 0 fully saturated rings. The molecule has 0 bridgehead atoms. The van der Waals surface area contributed by atoms with Gasteiger partial charge in [-0.05, 0) is 65.6 Å². The lowest BCUT2D eigenvalue weighted by molar-refractivity contribution is -0.138. The van der Waals surface area contributed by atoms with Gasteiger partial charge in [-0.1, -0.05) is 53.5 Å². The molecule has 40 heavy (non-hydrogen) atoms. The van der Waals surface area contributed by atoms with E-state index < -0.39 is 17.7 Å². The maximum Gasteiger partial charge on any atom is 0.416 e. The van der Waals surface area contributed by atoms with Gasteiger partial charge in [0, 0.05) is 47.4 Å². The SMILES string of the molecule is O=C(O)CCCC(=O)c1ccc(-c2cc(Cl)ccc2CNc2ccc(-c3cccc(C(F)(F)F)c3)c(Cl)c2)cn1. The molecule has 0 radical (unpaired) electrons. The van der Waals surface area contributed by atoms with E-state index in [9.17, 15) is 22.8 Å². The fraction of sp³-hybridized carbons (Fsp3) is 0.167. The van der Waals surface area contributed by atoms with Crippen molar-refractivity contribution in [2.75, 3.05) is 5.32 Å². The summed E-state index contributed by atoms with van der Waals surface area (Å²) in [6.07, 6.45) is -2.62. The highest BCUT2D eigenvalue weighted by atomic mass is 35.5. The van der Waals surface area contributed by atoms with E-state index >= 15 is 0 Å². The van der Waals surface area contributed by atoms with Crippen LogP contribution >= 0.6 is 23.2 Å². The molecule has 4 rings (SSSR count). The number of carboxylic acid groups (broad SMARTS) is 1. The minimum absolute atomic E-state index is 0.0815. The molecular formula is C30H23Cl2F3N2O3. The number of carboxylic acids is 1. The quantitative estimate of drug-likeness (QED) is 0.181. The molecule has 0 unspecified atom stereocenters. The third-order valence-corrected chi connectivity index (χ3v) is 6.73. The zero-order valence-electron chi connectivity index (χ0n) is 20.9. The van der Waals surface area contributed by atoms with Crippen LogP contribution in [0.4, 0.5) is 18.9 Å². The number of nitrogens with one attached hydrogen (secondary N) is 1. The van der Waals surface area contributed by atoms with Crippen molar-refractivity contribution in [1.29, 1.82) is 0 Å². The Hall–Kier alpha value is -3.88. The number of benzene rings is 3. The summed E-state index contributed by atoms with van der Waals surface area (Å²) in [4.78, 5) is 27.2. The van der Waals surface area contributed by atoms with Gasteiger partial charge in [-0.2, -0.15) is 13.2 Å². The lowest BCUT2D eigenvalue weighted by Gasteiger charge is -2.14. The Morgan fingerprint density at radius 3 is 2.35 bits per heavy atom. The van der Waals surface area contributed by atoms with E-state index in [4.69, 9.17) is 28.3 Å². The van der Waals surface area contributed by atoms with Crippen LogP contribution < -0.4 is 5.32 Å². The standard InChI is InChI=1S/C30H23Cl2F3N2O3/c31-22-9-7-19(25(14-22)20-8-12-27(37-17-20)28(38)5-2-6-29(39)40)16-36-23-10-11-24(26(32)15-23)18-3-1-4-21(13-18)30(33,34)35/h1,3-4,7-15,17,36H,2,5-6,16H2,(H,39,40). The molecule has 4 aromatic rings. The van der Waals surface area contributed by atoms with Crippen molar-refractivity contribution >= 4 is 40.6 Å². The second-order valence-corrected chi connectivity index (χ2v) is 9.87. The van der Waals surface area contributed by atoms with Crippen LogP contribution in [0.15, 0.2) is 79.0 Å². The van der Waals surface area contributed by atoms with Crippen molar-refractivity contribution in [2.24, 2.45) is 0 Å². The number of hydrogen-bond acceptors (Lipinski definition) is 4. The summed E-state index contributed by atoms with van der Waals surface area (Å²) in [6.45, 7) is 0.377. The number of nitrogens with zero attached hydrogens (tertiary/aromatic N) is 1. The van der Waals surface area contributed by atoms with Crippen LogP contribution in [0.5, 0.6) is 0 Å². The summed E-state index contributed by atoms with van der Waals surface area (Å²) in [6, 6.07) is 18.8. The van der Waals surface area contributed by atoms with Crippen LogP contribution in [0.3, 0.4) is 0 Å². The molecule has 0 aliphatic rings. The summed E-state index contributed by atoms with van der Waals surface area (Å²) in [5.41, 5.74) is 3.43. The zero-order chi connectivity index (χ0) is 28.9. The second kappa shape index (κ2) is 12.5. The molecule has 0 amide bonds. The lowest BCUT2D eigenvalue weighted by Crippen LogP contribution is -2.05. The largest absolute Gasteiger partial charge is 0.481 e. The normalized spacial score (nSPS) is 11.3. The van der Waals surface area contributed by atoms with E-state index in [2.05, 4.69) is 10.3 Å². The van der Waals surface area contributed by atoms with Crippen LogP contribution in [-0.4, -0.2) is 21.8 Å². The molecule has 5 nitrogen and oxygen atoms in total. The lowest BCUT2D eigenvalue weighted by atomic mass is 10.00. The predicted octanol–water partition coefficient (Wildman–Crippen LogP) is 8.79. The number of aromatic nitrogens is 1. The molecule has 206 valence electrons. The zero-order valence-corrected chi connectivity index (χ0v) is 22.4. The van der Waals surface area contributed by atoms with Gasteiger partial charge in [-0.25, -0.2) is 0 Å². The number of Topliss-reactive ketones (excluding diaryl/α,β-unsaturated/α-hetero) is 1. The molecule has 1 aromatic heterocycles. The molecule has 1 heterocycles. The number of pyridine rings is 1. The number of anilines is 1. The number of hydrogen-bond donors (Lipinski definition) is 2. The average Bonchev–Trinajstić information content (AvgIpc) is 2.92. The summed E-state index contributed by atoms with van der Waals surface area (Å²) in [5.74, 6) is -1.18. The third kappa shape index (κ3) is 7.40. The first kappa shape index (κ1) is 29.1. The van der Waals surface area contributed by atoms with Gasteiger partial charge >= 0.3 is 12.1 Å². The maximum atomic E-state index is 13.1. The summed E-state index contributed by atoms with van der Waals surface area (Å²) in [7, 11) is 0. The molecule has 2 N–H and O–H groups in total. The fourth-order valence-corrected chi connectivity index (χ4v) is 4.60. The van der Waals surface area contributed by atoms with Crippen LogP contribution in [0, 0.1) is 0 Å². The fourth-order valence-electron chi connectivity index (χ4n) is 4.14. The Morgan fingerprint density at radius 2 is 1.68 bits per heavy atom. The summed E-state index contributed by atoms with van der Waals surface area (Å²) in [5, 5.41) is 12.8. The van der Waals surface area contributed by atoms with Crippen molar-refractivity contribution in [3.63, 3.8) is 0 Å². The molecule has 0 saturated carbocycles. The number of halogens is 5. The van der Waals surface area contributed by atoms with Crippen LogP contribution in [0.1, 0.15) is 40.9 Å². The van der Waals surface area contributed by atoms with Crippen molar-refractivity contribution < 1.29 is 27.9 Å². The van der Waals surface area contributed by atoms with Crippen molar-refractivity contribution in [1.82, 2.24) is 4.98 Å². The van der Waals surface area contributed by atoms with Gasteiger partial charge in [0.05, 0.1) is 10.6 Å². The van der Waals surface area contributed by atoms with E-state index in [1.807, 2.05) is 6.07 Å². The van der Waals surface area contributed by atoms with Gasteiger partial charge in [0.15, 0.2) is 5.78 Å². The number of alkyl halides is 3. The predicted molar refractivity (Wildman–Crippen MR) is 150 cm³/mol. The highest BCUT2D eigenvalue weighted by Crippen LogP contribution is 2.36. The highest BCUT2D eigenvalue weighted by molar-refractivity contribution is 6.33. The smallest absolute Gasteiger partial charge is 0.416 e. The van der Waals surface area contributed by atoms with E-state index in [1.165, 1.54) is 6.07 Å². The van der Waals surface area contributed by atoms with Gasteiger partial charge < -0.3 is 10.4 Å². The van der Waals surface area contributed by atoms with Crippen LogP contribution in [0.2, 0.25) is 10.0 Å². The van der Waals surface area contributed by atoms with E-state index in [1.54, 1.807) is 54.7 Å². The van der Waals surface area contributed by atoms with E-state index in [0.29, 0.717) is 33.4 Å². The molecule has 0 saturated heterocycles. The molecule has 10 heteroatoms. The highest BCUT2D eigenvalue weighted by Gasteiger charge is 2.30. The Bertz CT molecular complexity index is 1540. The number of ketones is 1. The van der Waals surface area contributed by atoms with Crippen LogP contribution in [0.25, 0.3) is 22.3 Å². The second-order valence-electron chi connectivity index (χ2n) is 9.03. The average molecular weight is 587 g/mol. The van der Waals surface area contributed by atoms with Crippen molar-refractivity contribution in [3.8, 4) is 22.3 Å². The minimum Gasteiger partial charge on any atom is -0.481 e. The van der Waals surface area contributed by atoms with Gasteiger partial charge in [-0.15, -0.1) is 0 Å². The maximum absolute atomic E-state index is 13.1. The van der Waals surface area contributed by atoms with Gasteiger partial charge in [0.25, 0.3) is 0 Å². The number of rotatable bonds is 10. The third-order valence-electron chi connectivity index (χ3n) is 6.18. The molecular weight excluding hydrogens is 564 g/mol. The number of carbonyl (C=O) groups is 2. The van der Waals surface area contributed by atoms with Gasteiger partial charge in [0.1, 0.15) is 5.69 Å². The van der Waals surface area contributed by atoms with Crippen molar-refractivity contribution in [3.05, 3.63) is 106 Å². The summed E-state index contributed by atoms with van der Waals surface area (Å²) >= 11 is 12.7. The Morgan fingerprint density at radius 1 is 0.875 bits per heavy atom. The number of aliphatic carboxylic acids is 1. The Kier molecular flexibility index (Phi) is 9.12. The van der Waals surface area contributed by atoms with Crippen molar-refractivity contribution in [2.45, 2.75) is 32.0 Å². The first-order chi connectivity index (χ1) is 19.0. The first-order valence-corrected chi connectivity index (χ1v) is 13.0. The topological polar surface area (TPSA) is 79.3 Å². The first-order valence-electron chi connectivity index (χ1n) is 12.2. The van der Waals surface area contributed by atoms with Gasteiger partial charge in [-0.3, -0.25) is 14.6 Å². The summed E-state index contributed by atoms with van der Waals surface area (Å²) < 4.78 is 39.4. The molecule has 0 atom stereocenters. The Labute approximate surface area is 238 Å². The van der Waals surface area contributed by atoms with E-state index in [-0.39, 0.29) is 30.7 Å². The van der Waals surface area contributed by atoms with Gasteiger partial charge in [0.2, 0.25) is 0 Å². The van der Waals surface area contributed by atoms with E-state index in [0.717, 1.165) is 28.8 Å². The molecule has 0 aliphatic heterocycles. The molecule has 3 aromatic carbocycles. The van der Waals surface area contributed by atoms with Crippen LogP contribution in [-0.2, 0) is 17.5 Å². The molecule has 0 spiro atoms.